The number of hydrogen-bond donors (Lipinski definition) is 0. The molecule has 7 rings (SSSR count). The Bertz CT molecular complexity index is 2090. The number of nitro benzene ring substituents is 1. The van der Waals surface area contributed by atoms with Crippen LogP contribution >= 0.6 is 11.3 Å². The van der Waals surface area contributed by atoms with E-state index < -0.39 is 11.0 Å². The minimum absolute atomic E-state index is 0.0459. The van der Waals surface area contributed by atoms with Crippen molar-refractivity contribution in [1.82, 2.24) is 4.57 Å². The third-order valence-electron chi connectivity index (χ3n) is 7.57. The Labute approximate surface area is 237 Å². The molecule has 9 heteroatoms. The predicted octanol–water partition coefficient (Wildman–Crippen LogP) is 5.93. The molecular weight excluding hydrogens is 541 g/mol. The second kappa shape index (κ2) is 9.64. The van der Waals surface area contributed by atoms with Gasteiger partial charge in [0.2, 0.25) is 0 Å². The number of benzene rings is 3. The summed E-state index contributed by atoms with van der Waals surface area (Å²) in [6.45, 7) is 1.79. The third-order valence-corrected chi connectivity index (χ3v) is 8.56. The lowest BCUT2D eigenvalue weighted by molar-refractivity contribution is -0.384. The Hall–Kier alpha value is -4.89. The van der Waals surface area contributed by atoms with Crippen LogP contribution in [0.15, 0.2) is 98.6 Å². The number of nitro groups is 1. The number of furan rings is 1. The van der Waals surface area contributed by atoms with Crippen molar-refractivity contribution in [2.75, 3.05) is 0 Å². The highest BCUT2D eigenvalue weighted by atomic mass is 32.1. The molecule has 1 atom stereocenters. The summed E-state index contributed by atoms with van der Waals surface area (Å²) in [7, 11) is 0. The van der Waals surface area contributed by atoms with Crippen LogP contribution in [0.1, 0.15) is 40.5 Å². The van der Waals surface area contributed by atoms with E-state index in [4.69, 9.17) is 9.41 Å². The van der Waals surface area contributed by atoms with Crippen LogP contribution in [0.5, 0.6) is 0 Å². The first kappa shape index (κ1) is 25.1. The smallest absolute Gasteiger partial charge is 0.280 e. The molecule has 0 N–H and O–H groups in total. The number of aryl methyl sites for hydroxylation is 2. The van der Waals surface area contributed by atoms with Crippen molar-refractivity contribution in [3.8, 4) is 11.3 Å². The zero-order chi connectivity index (χ0) is 28.2. The molecule has 0 bridgehead atoms. The molecule has 0 saturated carbocycles. The molecule has 0 fully saturated rings. The number of rotatable bonds is 4. The third kappa shape index (κ3) is 4.25. The topological polar surface area (TPSA) is 90.6 Å². The number of allylic oxidation sites excluding steroid dienone is 1. The summed E-state index contributed by atoms with van der Waals surface area (Å²) in [4.78, 5) is 30.6. The Morgan fingerprint density at radius 1 is 1.05 bits per heavy atom. The number of halogens is 1. The van der Waals surface area contributed by atoms with Gasteiger partial charge in [0.15, 0.2) is 4.80 Å². The molecule has 0 spiro atoms. The summed E-state index contributed by atoms with van der Waals surface area (Å²) in [5.74, 6) is 0.395. The number of thiazole rings is 1. The van der Waals surface area contributed by atoms with Crippen LogP contribution in [0.3, 0.4) is 0 Å². The van der Waals surface area contributed by atoms with Crippen LogP contribution in [0.25, 0.3) is 23.1 Å². The van der Waals surface area contributed by atoms with Gasteiger partial charge >= 0.3 is 0 Å². The summed E-state index contributed by atoms with van der Waals surface area (Å²) in [5, 5.41) is 11.6. The van der Waals surface area contributed by atoms with Crippen LogP contribution in [0.2, 0.25) is 0 Å². The first-order valence-corrected chi connectivity index (χ1v) is 13.9. The summed E-state index contributed by atoms with van der Waals surface area (Å²) < 4.78 is 21.9. The number of fused-ring (bicyclic) bond motifs is 3. The molecule has 41 heavy (non-hydrogen) atoms. The van der Waals surface area contributed by atoms with E-state index in [-0.39, 0.29) is 17.1 Å². The number of aromatic nitrogens is 1. The predicted molar refractivity (Wildman–Crippen MR) is 155 cm³/mol. The standard InChI is InChI=1S/C32H22FN3O4S/c1-18-6-13-24(26(16-18)36(38)39)27-15-12-22(40-27)17-28-31(37)35-30(20-7-10-21(33)11-8-20)25-14-9-19-4-2-3-5-23(19)29(25)34-32(35)41-28/h2-8,10-13,15-17,30H,9,14H2,1H3/b28-17+/t30-/m1/s1. The van der Waals surface area contributed by atoms with Crippen molar-refractivity contribution in [2.45, 2.75) is 25.8 Å². The molecule has 2 aromatic heterocycles. The van der Waals surface area contributed by atoms with E-state index in [0.717, 1.165) is 40.8 Å². The van der Waals surface area contributed by atoms with Crippen LogP contribution in [0.4, 0.5) is 10.1 Å². The number of hydrogen-bond acceptors (Lipinski definition) is 6. The van der Waals surface area contributed by atoms with E-state index in [1.54, 1.807) is 54.0 Å². The summed E-state index contributed by atoms with van der Waals surface area (Å²) in [5.41, 5.74) is 5.83. The summed E-state index contributed by atoms with van der Waals surface area (Å²) >= 11 is 1.26. The molecule has 7 nitrogen and oxygen atoms in total. The van der Waals surface area contributed by atoms with E-state index in [9.17, 15) is 19.3 Å². The van der Waals surface area contributed by atoms with Gasteiger partial charge in [0.1, 0.15) is 17.3 Å². The second-order valence-electron chi connectivity index (χ2n) is 10.1. The maximum atomic E-state index is 13.9. The van der Waals surface area contributed by atoms with Crippen molar-refractivity contribution in [3.63, 3.8) is 0 Å². The zero-order valence-electron chi connectivity index (χ0n) is 21.8. The maximum absolute atomic E-state index is 13.9. The fourth-order valence-electron chi connectivity index (χ4n) is 5.67. The molecule has 3 aromatic carbocycles. The van der Waals surface area contributed by atoms with E-state index >= 15 is 0 Å². The first-order chi connectivity index (χ1) is 19.9. The van der Waals surface area contributed by atoms with Gasteiger partial charge in [0, 0.05) is 17.7 Å². The molecule has 2 aliphatic rings. The lowest BCUT2D eigenvalue weighted by Crippen LogP contribution is -2.38. The average molecular weight is 564 g/mol. The molecule has 202 valence electrons. The van der Waals surface area contributed by atoms with Crippen LogP contribution in [-0.4, -0.2) is 9.49 Å². The fourth-order valence-corrected chi connectivity index (χ4v) is 6.65. The Morgan fingerprint density at radius 2 is 1.85 bits per heavy atom. The Morgan fingerprint density at radius 3 is 2.66 bits per heavy atom. The minimum Gasteiger partial charge on any atom is -0.456 e. The number of nitrogens with zero attached hydrogens (tertiary/aromatic N) is 3. The van der Waals surface area contributed by atoms with Gasteiger partial charge in [-0.1, -0.05) is 53.8 Å². The molecule has 0 saturated heterocycles. The van der Waals surface area contributed by atoms with Crippen LogP contribution in [-0.2, 0) is 6.42 Å². The highest BCUT2D eigenvalue weighted by Crippen LogP contribution is 2.41. The lowest BCUT2D eigenvalue weighted by atomic mass is 9.83. The second-order valence-corrected chi connectivity index (χ2v) is 11.2. The van der Waals surface area contributed by atoms with Crippen LogP contribution in [0, 0.1) is 22.9 Å². The Balaban J connectivity index is 1.38. The normalized spacial score (nSPS) is 16.1. The van der Waals surface area contributed by atoms with Gasteiger partial charge in [0.25, 0.3) is 11.2 Å². The quantitative estimate of drug-likeness (QED) is 0.200. The van der Waals surface area contributed by atoms with E-state index in [2.05, 4.69) is 12.1 Å². The van der Waals surface area contributed by atoms with Crippen LogP contribution < -0.4 is 14.9 Å². The van der Waals surface area contributed by atoms with Crippen molar-refractivity contribution >= 4 is 28.8 Å². The molecule has 5 aromatic rings. The maximum Gasteiger partial charge on any atom is 0.280 e. The van der Waals surface area contributed by atoms with Gasteiger partial charge in [-0.3, -0.25) is 19.5 Å². The van der Waals surface area contributed by atoms with E-state index in [1.165, 1.54) is 35.1 Å². The summed E-state index contributed by atoms with van der Waals surface area (Å²) in [6.07, 6.45) is 3.21. The molecular formula is C32H22FN3O4S. The SMILES string of the molecule is Cc1ccc(-c2ccc(/C=c3/sc4n(c3=O)[C@H](c3ccc(F)cc3)C3=C(N=4)c4ccccc4CC3)o2)c([N+](=O)[O-])c1. The van der Waals surface area contributed by atoms with Crippen molar-refractivity contribution in [1.29, 1.82) is 0 Å². The Kier molecular flexibility index (Phi) is 5.90. The van der Waals surface area contributed by atoms with E-state index in [0.29, 0.717) is 26.4 Å². The highest BCUT2D eigenvalue weighted by molar-refractivity contribution is 7.07. The van der Waals surface area contributed by atoms with Gasteiger partial charge in [-0.25, -0.2) is 9.38 Å². The molecule has 0 unspecified atom stereocenters. The molecule has 1 aliphatic heterocycles. The molecule has 0 amide bonds. The van der Waals surface area contributed by atoms with Gasteiger partial charge in [-0.2, -0.15) is 0 Å². The molecule has 1 aliphatic carbocycles. The largest absolute Gasteiger partial charge is 0.456 e. The zero-order valence-corrected chi connectivity index (χ0v) is 22.7. The monoisotopic (exact) mass is 563 g/mol. The van der Waals surface area contributed by atoms with E-state index in [1.807, 2.05) is 12.1 Å². The van der Waals surface area contributed by atoms with Crippen molar-refractivity contribution < 1.29 is 13.7 Å². The van der Waals surface area contributed by atoms with Gasteiger partial charge < -0.3 is 4.42 Å². The van der Waals surface area contributed by atoms with Gasteiger partial charge in [-0.05, 0) is 72.4 Å². The highest BCUT2D eigenvalue weighted by Gasteiger charge is 2.32. The van der Waals surface area contributed by atoms with Crippen molar-refractivity contribution in [2.24, 2.45) is 4.99 Å². The average Bonchev–Trinajstić information content (AvgIpc) is 3.56. The fraction of sp³-hybridized carbons (Fsp3) is 0.125. The molecule has 0 radical (unpaired) electrons. The van der Waals surface area contributed by atoms with Gasteiger partial charge in [0.05, 0.1) is 26.8 Å². The minimum atomic E-state index is -0.433. The van der Waals surface area contributed by atoms with Gasteiger partial charge in [-0.15, -0.1) is 0 Å². The van der Waals surface area contributed by atoms with Crippen molar-refractivity contribution in [3.05, 3.63) is 148 Å². The summed E-state index contributed by atoms with van der Waals surface area (Å²) in [6, 6.07) is 22.3. The molecule has 3 heterocycles. The lowest BCUT2D eigenvalue weighted by Gasteiger charge is -2.30. The first-order valence-electron chi connectivity index (χ1n) is 13.1.